The molecule has 1 aromatic heterocycles. The van der Waals surface area contributed by atoms with Crippen LogP contribution >= 0.6 is 0 Å². The molecule has 11 heteroatoms. The van der Waals surface area contributed by atoms with Gasteiger partial charge in [-0.2, -0.15) is 4.31 Å². The van der Waals surface area contributed by atoms with Gasteiger partial charge in [-0.05, 0) is 44.9 Å². The Morgan fingerprint density at radius 1 is 1.28 bits per heavy atom. The number of carbonyl (C=O) groups is 2. The van der Waals surface area contributed by atoms with E-state index in [-0.39, 0.29) is 34.5 Å². The molecule has 1 saturated heterocycles. The highest BCUT2D eigenvalue weighted by Gasteiger charge is 2.42. The zero-order valence-corrected chi connectivity index (χ0v) is 17.0. The van der Waals surface area contributed by atoms with E-state index in [1.165, 1.54) is 32.9 Å². The van der Waals surface area contributed by atoms with Crippen LogP contribution in [0.15, 0.2) is 27.6 Å². The van der Waals surface area contributed by atoms with Gasteiger partial charge >= 0.3 is 0 Å². The van der Waals surface area contributed by atoms with E-state index in [9.17, 15) is 22.4 Å². The summed E-state index contributed by atoms with van der Waals surface area (Å²) in [4.78, 5) is 23.9. The van der Waals surface area contributed by atoms with Gasteiger partial charge in [0.15, 0.2) is 5.76 Å². The molecule has 0 unspecified atom stereocenters. The van der Waals surface area contributed by atoms with Crippen LogP contribution < -0.4 is 10.6 Å². The smallest absolute Gasteiger partial charge is 0.249 e. The lowest BCUT2D eigenvalue weighted by molar-refractivity contribution is -0.119. The van der Waals surface area contributed by atoms with Crippen LogP contribution in [-0.2, 0) is 19.6 Å². The Kier molecular flexibility index (Phi) is 5.71. The lowest BCUT2D eigenvalue weighted by atomic mass is 10.2. The van der Waals surface area contributed by atoms with Gasteiger partial charge in [-0.1, -0.05) is 5.16 Å². The number of hydrogen-bond donors (Lipinski definition) is 2. The van der Waals surface area contributed by atoms with Gasteiger partial charge in [0.2, 0.25) is 21.8 Å². The average Bonchev–Trinajstić information content (AvgIpc) is 3.25. The van der Waals surface area contributed by atoms with Crippen molar-refractivity contribution in [2.75, 3.05) is 17.2 Å². The molecule has 2 N–H and O–H groups in total. The van der Waals surface area contributed by atoms with Crippen molar-refractivity contribution in [2.45, 2.75) is 44.6 Å². The van der Waals surface area contributed by atoms with E-state index in [0.29, 0.717) is 18.5 Å². The standard InChI is InChI=1S/C18H21FN4O5S/c1-10-17(11(2)28-22-10)29(26,27)23-8-4-5-16(23)18(25)21-15-9-13(20-12(3)24)6-7-14(15)19/h6-7,9,16H,4-5,8H2,1-3H3,(H,20,24)(H,21,25)/t16-/m0/s1. The second-order valence-corrected chi connectivity index (χ2v) is 8.62. The van der Waals surface area contributed by atoms with Gasteiger partial charge in [0.05, 0.1) is 5.69 Å². The van der Waals surface area contributed by atoms with Crippen LogP contribution in [0.1, 0.15) is 31.2 Å². The summed E-state index contributed by atoms with van der Waals surface area (Å²) in [6.45, 7) is 4.45. The van der Waals surface area contributed by atoms with E-state index in [4.69, 9.17) is 4.52 Å². The first-order valence-electron chi connectivity index (χ1n) is 8.94. The maximum Gasteiger partial charge on any atom is 0.249 e. The minimum absolute atomic E-state index is 0.0592. The number of aromatic nitrogens is 1. The van der Waals surface area contributed by atoms with E-state index in [1.54, 1.807) is 0 Å². The van der Waals surface area contributed by atoms with E-state index in [2.05, 4.69) is 15.8 Å². The molecule has 1 aliphatic rings. The molecule has 3 rings (SSSR count). The van der Waals surface area contributed by atoms with Crippen LogP contribution in [0, 0.1) is 19.7 Å². The van der Waals surface area contributed by atoms with Crippen molar-refractivity contribution in [3.8, 4) is 0 Å². The Morgan fingerprint density at radius 2 is 2.00 bits per heavy atom. The first-order valence-corrected chi connectivity index (χ1v) is 10.4. The van der Waals surface area contributed by atoms with E-state index >= 15 is 0 Å². The number of sulfonamides is 1. The highest BCUT2D eigenvalue weighted by Crippen LogP contribution is 2.30. The Morgan fingerprint density at radius 3 is 2.62 bits per heavy atom. The molecule has 0 spiro atoms. The minimum atomic E-state index is -4.01. The van der Waals surface area contributed by atoms with Crippen molar-refractivity contribution in [2.24, 2.45) is 0 Å². The number of benzene rings is 1. The number of aryl methyl sites for hydroxylation is 2. The second kappa shape index (κ2) is 7.91. The largest absolute Gasteiger partial charge is 0.360 e. The molecular formula is C18H21FN4O5S. The molecule has 1 aliphatic heterocycles. The summed E-state index contributed by atoms with van der Waals surface area (Å²) in [6, 6.07) is 2.73. The summed E-state index contributed by atoms with van der Waals surface area (Å²) in [7, 11) is -4.01. The van der Waals surface area contributed by atoms with Gasteiger partial charge in [0.1, 0.15) is 22.4 Å². The lowest BCUT2D eigenvalue weighted by Gasteiger charge is -2.23. The molecule has 0 radical (unpaired) electrons. The minimum Gasteiger partial charge on any atom is -0.360 e. The maximum atomic E-state index is 14.1. The third kappa shape index (κ3) is 4.15. The molecular weight excluding hydrogens is 403 g/mol. The second-order valence-electron chi connectivity index (χ2n) is 6.79. The third-order valence-corrected chi connectivity index (χ3v) is 6.74. The highest BCUT2D eigenvalue weighted by atomic mass is 32.2. The predicted molar refractivity (Wildman–Crippen MR) is 102 cm³/mol. The number of rotatable bonds is 5. The van der Waals surface area contributed by atoms with Gasteiger partial charge in [-0.3, -0.25) is 9.59 Å². The number of nitrogens with one attached hydrogen (secondary N) is 2. The number of hydrogen-bond acceptors (Lipinski definition) is 6. The fourth-order valence-electron chi connectivity index (χ4n) is 3.37. The van der Waals surface area contributed by atoms with E-state index in [1.807, 2.05) is 0 Å². The van der Waals surface area contributed by atoms with Crippen molar-refractivity contribution < 1.29 is 26.9 Å². The first kappa shape index (κ1) is 20.9. The normalized spacial score (nSPS) is 17.3. The summed E-state index contributed by atoms with van der Waals surface area (Å²) in [5.74, 6) is -1.56. The van der Waals surface area contributed by atoms with Gasteiger partial charge < -0.3 is 15.2 Å². The predicted octanol–water partition coefficient (Wildman–Crippen LogP) is 2.18. The molecule has 1 fully saturated rings. The van der Waals surface area contributed by atoms with Gasteiger partial charge in [0, 0.05) is 19.2 Å². The number of anilines is 2. The van der Waals surface area contributed by atoms with Crippen molar-refractivity contribution >= 4 is 33.2 Å². The molecule has 0 aliphatic carbocycles. The number of halogens is 1. The van der Waals surface area contributed by atoms with Crippen LogP contribution in [0.2, 0.25) is 0 Å². The number of amides is 2. The molecule has 1 aromatic carbocycles. The molecule has 0 bridgehead atoms. The molecule has 9 nitrogen and oxygen atoms in total. The van der Waals surface area contributed by atoms with Crippen molar-refractivity contribution in [3.63, 3.8) is 0 Å². The van der Waals surface area contributed by atoms with Gasteiger partial charge in [0.25, 0.3) is 0 Å². The Bertz CT molecular complexity index is 1050. The maximum absolute atomic E-state index is 14.1. The fraction of sp³-hybridized carbons (Fsp3) is 0.389. The van der Waals surface area contributed by atoms with E-state index < -0.39 is 27.8 Å². The zero-order chi connectivity index (χ0) is 21.3. The quantitative estimate of drug-likeness (QED) is 0.759. The summed E-state index contributed by atoms with van der Waals surface area (Å²) in [5.41, 5.74) is 0.367. The molecule has 156 valence electrons. The molecule has 2 aromatic rings. The number of nitrogens with zero attached hydrogens (tertiary/aromatic N) is 2. The molecule has 29 heavy (non-hydrogen) atoms. The molecule has 2 heterocycles. The topological polar surface area (TPSA) is 122 Å². The molecule has 2 amide bonds. The number of carbonyl (C=O) groups excluding carboxylic acids is 2. The van der Waals surface area contributed by atoms with Gasteiger partial charge in [-0.15, -0.1) is 0 Å². The summed E-state index contributed by atoms with van der Waals surface area (Å²) >= 11 is 0. The SMILES string of the molecule is CC(=O)Nc1ccc(F)c(NC(=O)[C@@H]2CCCN2S(=O)(=O)c2c(C)noc2C)c1. The molecule has 1 atom stereocenters. The Labute approximate surface area is 167 Å². The first-order chi connectivity index (χ1) is 13.6. The molecule has 0 saturated carbocycles. The lowest BCUT2D eigenvalue weighted by Crippen LogP contribution is -2.43. The summed E-state index contributed by atoms with van der Waals surface area (Å²) in [5, 5.41) is 8.60. The van der Waals surface area contributed by atoms with Crippen LogP contribution in [0.4, 0.5) is 15.8 Å². The summed E-state index contributed by atoms with van der Waals surface area (Å²) < 4.78 is 46.3. The van der Waals surface area contributed by atoms with Crippen molar-refractivity contribution in [1.29, 1.82) is 0 Å². The van der Waals surface area contributed by atoms with Crippen LogP contribution in [0.5, 0.6) is 0 Å². The Hall–Kier alpha value is -2.79. The van der Waals surface area contributed by atoms with Crippen LogP contribution in [0.3, 0.4) is 0 Å². The van der Waals surface area contributed by atoms with Crippen LogP contribution in [-0.4, -0.2) is 42.3 Å². The van der Waals surface area contributed by atoms with Crippen molar-refractivity contribution in [1.82, 2.24) is 9.46 Å². The van der Waals surface area contributed by atoms with Crippen molar-refractivity contribution in [3.05, 3.63) is 35.5 Å². The average molecular weight is 424 g/mol. The van der Waals surface area contributed by atoms with Gasteiger partial charge in [-0.25, -0.2) is 12.8 Å². The summed E-state index contributed by atoms with van der Waals surface area (Å²) in [6.07, 6.45) is 0.774. The Balaban J connectivity index is 1.85. The van der Waals surface area contributed by atoms with E-state index in [0.717, 1.165) is 10.4 Å². The third-order valence-electron chi connectivity index (χ3n) is 4.59. The van der Waals surface area contributed by atoms with Crippen LogP contribution in [0.25, 0.3) is 0 Å². The highest BCUT2D eigenvalue weighted by molar-refractivity contribution is 7.89. The zero-order valence-electron chi connectivity index (χ0n) is 16.2. The fourth-order valence-corrected chi connectivity index (χ4v) is 5.32. The monoisotopic (exact) mass is 424 g/mol.